The number of carboxylic acids is 1. The molecule has 0 amide bonds. The smallest absolute Gasteiger partial charge is 0.341 e. The summed E-state index contributed by atoms with van der Waals surface area (Å²) < 4.78 is 14.6. The van der Waals surface area contributed by atoms with E-state index in [1.807, 2.05) is 0 Å². The summed E-state index contributed by atoms with van der Waals surface area (Å²) in [6, 6.07) is 6.77. The monoisotopic (exact) mass is 268 g/mol. The SMILES string of the molecule is COC(=O)C(Cc1ccc(OCC(=O)O)cc1)OC. The molecule has 0 heterocycles. The van der Waals surface area contributed by atoms with Crippen LogP contribution in [0.2, 0.25) is 0 Å². The van der Waals surface area contributed by atoms with E-state index in [4.69, 9.17) is 14.6 Å². The molecule has 0 aliphatic carbocycles. The maximum atomic E-state index is 11.4. The van der Waals surface area contributed by atoms with E-state index in [0.29, 0.717) is 12.2 Å². The van der Waals surface area contributed by atoms with Crippen LogP contribution < -0.4 is 4.74 Å². The highest BCUT2D eigenvalue weighted by molar-refractivity contribution is 5.74. The van der Waals surface area contributed by atoms with Crippen molar-refractivity contribution < 1.29 is 28.9 Å². The van der Waals surface area contributed by atoms with Crippen molar-refractivity contribution in [3.8, 4) is 5.75 Å². The Hall–Kier alpha value is -2.08. The summed E-state index contributed by atoms with van der Waals surface area (Å²) in [6.07, 6.45) is -0.279. The first-order chi connectivity index (χ1) is 9.06. The predicted molar refractivity (Wildman–Crippen MR) is 66.1 cm³/mol. The predicted octanol–water partition coefficient (Wildman–Crippen LogP) is 0.881. The molecule has 19 heavy (non-hydrogen) atoms. The molecular weight excluding hydrogens is 252 g/mol. The third-order valence-corrected chi connectivity index (χ3v) is 2.46. The van der Waals surface area contributed by atoms with Crippen molar-refractivity contribution in [2.75, 3.05) is 20.8 Å². The number of methoxy groups -OCH3 is 2. The van der Waals surface area contributed by atoms with Crippen molar-refractivity contribution in [1.82, 2.24) is 0 Å². The van der Waals surface area contributed by atoms with Crippen molar-refractivity contribution in [3.05, 3.63) is 29.8 Å². The first-order valence-electron chi connectivity index (χ1n) is 5.61. The third kappa shape index (κ3) is 4.97. The van der Waals surface area contributed by atoms with E-state index in [2.05, 4.69) is 4.74 Å². The van der Waals surface area contributed by atoms with Gasteiger partial charge in [-0.3, -0.25) is 0 Å². The minimum Gasteiger partial charge on any atom is -0.482 e. The van der Waals surface area contributed by atoms with Crippen molar-refractivity contribution >= 4 is 11.9 Å². The van der Waals surface area contributed by atoms with Gasteiger partial charge in [0.15, 0.2) is 12.7 Å². The van der Waals surface area contributed by atoms with Crippen LogP contribution in [0.5, 0.6) is 5.75 Å². The second kappa shape index (κ2) is 7.38. The lowest BCUT2D eigenvalue weighted by atomic mass is 10.1. The number of rotatable bonds is 7. The number of carbonyl (C=O) groups is 2. The molecule has 0 saturated carbocycles. The number of hydrogen-bond donors (Lipinski definition) is 1. The molecule has 1 unspecified atom stereocenters. The number of hydrogen-bond acceptors (Lipinski definition) is 5. The van der Waals surface area contributed by atoms with Gasteiger partial charge >= 0.3 is 11.9 Å². The zero-order valence-corrected chi connectivity index (χ0v) is 10.8. The van der Waals surface area contributed by atoms with E-state index in [-0.39, 0.29) is 6.61 Å². The van der Waals surface area contributed by atoms with Gasteiger partial charge in [-0.15, -0.1) is 0 Å². The van der Waals surface area contributed by atoms with Crippen molar-refractivity contribution in [3.63, 3.8) is 0 Å². The number of carboxylic acid groups (broad SMARTS) is 1. The Bertz CT molecular complexity index is 425. The molecule has 1 aromatic carbocycles. The Morgan fingerprint density at radius 2 is 1.84 bits per heavy atom. The molecule has 0 bridgehead atoms. The van der Waals surface area contributed by atoms with E-state index in [1.165, 1.54) is 14.2 Å². The topological polar surface area (TPSA) is 82.1 Å². The molecule has 1 rings (SSSR count). The molecule has 1 aromatic rings. The van der Waals surface area contributed by atoms with Gasteiger partial charge in [0.1, 0.15) is 5.75 Å². The number of esters is 1. The zero-order chi connectivity index (χ0) is 14.3. The number of ether oxygens (including phenoxy) is 3. The van der Waals surface area contributed by atoms with Gasteiger partial charge in [0, 0.05) is 13.5 Å². The fraction of sp³-hybridized carbons (Fsp3) is 0.385. The van der Waals surface area contributed by atoms with Crippen LogP contribution in [0.4, 0.5) is 0 Å². The lowest BCUT2D eigenvalue weighted by Crippen LogP contribution is -2.26. The van der Waals surface area contributed by atoms with Gasteiger partial charge in [-0.25, -0.2) is 9.59 Å². The molecule has 0 aliphatic rings. The zero-order valence-electron chi connectivity index (χ0n) is 10.8. The summed E-state index contributed by atoms with van der Waals surface area (Å²) >= 11 is 0. The van der Waals surface area contributed by atoms with Crippen LogP contribution >= 0.6 is 0 Å². The first kappa shape index (κ1) is 15.0. The molecule has 104 valence electrons. The average molecular weight is 268 g/mol. The van der Waals surface area contributed by atoms with E-state index in [9.17, 15) is 9.59 Å². The van der Waals surface area contributed by atoms with Crippen LogP contribution in [0.1, 0.15) is 5.56 Å². The van der Waals surface area contributed by atoms with Crippen LogP contribution in [0.15, 0.2) is 24.3 Å². The average Bonchev–Trinajstić information content (AvgIpc) is 2.42. The molecule has 1 atom stereocenters. The van der Waals surface area contributed by atoms with Gasteiger partial charge in [0.05, 0.1) is 7.11 Å². The van der Waals surface area contributed by atoms with Gasteiger partial charge in [-0.2, -0.15) is 0 Å². The molecule has 0 spiro atoms. The standard InChI is InChI=1S/C13H16O6/c1-17-11(13(16)18-2)7-9-3-5-10(6-4-9)19-8-12(14)15/h3-6,11H,7-8H2,1-2H3,(H,14,15). The molecular formula is C13H16O6. The van der Waals surface area contributed by atoms with E-state index in [1.54, 1.807) is 24.3 Å². The lowest BCUT2D eigenvalue weighted by molar-refractivity contribution is -0.152. The van der Waals surface area contributed by atoms with Crippen LogP contribution in [0.25, 0.3) is 0 Å². The fourth-order valence-electron chi connectivity index (χ4n) is 1.48. The lowest BCUT2D eigenvalue weighted by Gasteiger charge is -2.13. The largest absolute Gasteiger partial charge is 0.482 e. The number of aliphatic carboxylic acids is 1. The maximum Gasteiger partial charge on any atom is 0.341 e. The molecule has 0 aliphatic heterocycles. The molecule has 6 heteroatoms. The third-order valence-electron chi connectivity index (χ3n) is 2.46. The van der Waals surface area contributed by atoms with Gasteiger partial charge < -0.3 is 19.3 Å². The minimum atomic E-state index is -1.03. The van der Waals surface area contributed by atoms with Gasteiger partial charge in [0.2, 0.25) is 0 Å². The summed E-state index contributed by atoms with van der Waals surface area (Å²) in [5.74, 6) is -1.01. The first-order valence-corrected chi connectivity index (χ1v) is 5.61. The normalized spacial score (nSPS) is 11.7. The van der Waals surface area contributed by atoms with E-state index >= 15 is 0 Å². The summed E-state index contributed by atoms with van der Waals surface area (Å²) in [5, 5.41) is 8.48. The van der Waals surface area contributed by atoms with Crippen LogP contribution in [0, 0.1) is 0 Å². The number of benzene rings is 1. The highest BCUT2D eigenvalue weighted by Crippen LogP contribution is 2.14. The molecule has 0 fully saturated rings. The summed E-state index contributed by atoms with van der Waals surface area (Å²) in [6.45, 7) is -0.387. The Kier molecular flexibility index (Phi) is 5.81. The highest BCUT2D eigenvalue weighted by atomic mass is 16.6. The Balaban J connectivity index is 2.60. The van der Waals surface area contributed by atoms with Crippen molar-refractivity contribution in [2.24, 2.45) is 0 Å². The molecule has 0 aromatic heterocycles. The Morgan fingerprint density at radius 1 is 1.21 bits per heavy atom. The second-order valence-electron chi connectivity index (χ2n) is 3.78. The molecule has 0 saturated heterocycles. The van der Waals surface area contributed by atoms with Crippen LogP contribution in [-0.2, 0) is 25.5 Å². The Labute approximate surface area is 110 Å². The quantitative estimate of drug-likeness (QED) is 0.739. The second-order valence-corrected chi connectivity index (χ2v) is 3.78. The highest BCUT2D eigenvalue weighted by Gasteiger charge is 2.18. The summed E-state index contributed by atoms with van der Waals surface area (Å²) in [7, 11) is 2.74. The van der Waals surface area contributed by atoms with E-state index < -0.39 is 18.0 Å². The van der Waals surface area contributed by atoms with Gasteiger partial charge in [-0.05, 0) is 17.7 Å². The molecule has 1 N–H and O–H groups in total. The molecule has 0 radical (unpaired) electrons. The molecule has 6 nitrogen and oxygen atoms in total. The minimum absolute atomic E-state index is 0.377. The van der Waals surface area contributed by atoms with Gasteiger partial charge in [-0.1, -0.05) is 12.1 Å². The number of carbonyl (C=O) groups excluding carboxylic acids is 1. The summed E-state index contributed by atoms with van der Waals surface area (Å²) in [5.41, 5.74) is 0.861. The van der Waals surface area contributed by atoms with Crippen molar-refractivity contribution in [1.29, 1.82) is 0 Å². The van der Waals surface area contributed by atoms with Gasteiger partial charge in [0.25, 0.3) is 0 Å². The van der Waals surface area contributed by atoms with Crippen LogP contribution in [-0.4, -0.2) is 44.0 Å². The van der Waals surface area contributed by atoms with Crippen LogP contribution in [0.3, 0.4) is 0 Å². The maximum absolute atomic E-state index is 11.4. The summed E-state index contributed by atoms with van der Waals surface area (Å²) in [4.78, 5) is 21.7. The van der Waals surface area contributed by atoms with E-state index in [0.717, 1.165) is 5.56 Å². The van der Waals surface area contributed by atoms with Crippen molar-refractivity contribution in [2.45, 2.75) is 12.5 Å². The fourth-order valence-corrected chi connectivity index (χ4v) is 1.48. The Morgan fingerprint density at radius 3 is 2.32 bits per heavy atom.